The first-order valence-electron chi connectivity index (χ1n) is 6.29. The van der Waals surface area contributed by atoms with Crippen LogP contribution in [0.2, 0.25) is 0 Å². The average Bonchev–Trinajstić information content (AvgIpc) is 2.82. The quantitative estimate of drug-likeness (QED) is 0.859. The number of halogens is 1. The maximum atomic E-state index is 12.5. The highest BCUT2D eigenvalue weighted by molar-refractivity contribution is 9.10. The van der Waals surface area contributed by atoms with Crippen LogP contribution in [0.4, 0.5) is 5.82 Å². The fourth-order valence-electron chi connectivity index (χ4n) is 2.34. The van der Waals surface area contributed by atoms with Crippen LogP contribution >= 0.6 is 15.9 Å². The molecule has 0 saturated carbocycles. The Bertz CT molecular complexity index is 708. The lowest BCUT2D eigenvalue weighted by atomic mass is 9.96. The van der Waals surface area contributed by atoms with Crippen molar-refractivity contribution < 1.29 is 9.59 Å². The average molecular weight is 334 g/mol. The molecule has 1 aliphatic heterocycles. The van der Waals surface area contributed by atoms with E-state index in [9.17, 15) is 9.59 Å². The molecule has 102 valence electrons. The Morgan fingerprint density at radius 1 is 1.40 bits per heavy atom. The van der Waals surface area contributed by atoms with Crippen molar-refractivity contribution in [1.82, 2.24) is 9.78 Å². The monoisotopic (exact) mass is 333 g/mol. The molecule has 1 amide bonds. The van der Waals surface area contributed by atoms with Crippen molar-refractivity contribution in [2.75, 3.05) is 5.32 Å². The Morgan fingerprint density at radius 3 is 2.90 bits per heavy atom. The fourth-order valence-corrected chi connectivity index (χ4v) is 2.76. The highest BCUT2D eigenvalue weighted by atomic mass is 79.9. The molecular formula is C14H12BrN3O2. The molecule has 1 aromatic heterocycles. The fraction of sp³-hybridized carbons (Fsp3) is 0.214. The number of nitrogens with one attached hydrogen (secondary N) is 1. The second-order valence-corrected chi connectivity index (χ2v) is 5.51. The van der Waals surface area contributed by atoms with Gasteiger partial charge < -0.3 is 5.32 Å². The summed E-state index contributed by atoms with van der Waals surface area (Å²) < 4.78 is 2.11. The summed E-state index contributed by atoms with van der Waals surface area (Å²) in [4.78, 5) is 24.7. The molecule has 0 fully saturated rings. The zero-order valence-electron chi connectivity index (χ0n) is 10.8. The number of rotatable bonds is 2. The Kier molecular flexibility index (Phi) is 3.17. The molecule has 0 saturated heterocycles. The first-order valence-corrected chi connectivity index (χ1v) is 7.08. The van der Waals surface area contributed by atoms with Gasteiger partial charge >= 0.3 is 0 Å². The van der Waals surface area contributed by atoms with Gasteiger partial charge in [-0.1, -0.05) is 35.0 Å². The van der Waals surface area contributed by atoms with Gasteiger partial charge in [0.05, 0.1) is 6.20 Å². The van der Waals surface area contributed by atoms with Crippen LogP contribution in [-0.2, 0) is 11.2 Å². The summed E-state index contributed by atoms with van der Waals surface area (Å²) in [6.45, 7) is 1.95. The molecule has 1 aliphatic rings. The minimum absolute atomic E-state index is 0.309. The number of aromatic nitrogens is 2. The predicted molar refractivity (Wildman–Crippen MR) is 77.7 cm³/mol. The van der Waals surface area contributed by atoms with Crippen LogP contribution in [0.5, 0.6) is 0 Å². The Morgan fingerprint density at radius 2 is 2.20 bits per heavy atom. The molecular weight excluding hydrogens is 322 g/mol. The SMILES string of the molecule is CCc1cnn2c1NC(=O)C(c1cccc(Br)c1)C2=O. The van der Waals surface area contributed by atoms with E-state index in [-0.39, 0.29) is 11.8 Å². The molecule has 3 rings (SSSR count). The molecule has 6 heteroatoms. The van der Waals surface area contributed by atoms with E-state index in [0.29, 0.717) is 17.8 Å². The maximum Gasteiger partial charge on any atom is 0.265 e. The Hall–Kier alpha value is -1.95. The standard InChI is InChI=1S/C14H12BrN3O2/c1-2-8-7-16-18-12(8)17-13(19)11(14(18)20)9-4-3-5-10(15)6-9/h3-7,11H,2H2,1H3,(H,17,19). The number of nitrogens with zero attached hydrogens (tertiary/aromatic N) is 2. The maximum absolute atomic E-state index is 12.5. The largest absolute Gasteiger partial charge is 0.309 e. The summed E-state index contributed by atoms with van der Waals surface area (Å²) in [6.07, 6.45) is 2.33. The van der Waals surface area contributed by atoms with Crippen molar-refractivity contribution >= 4 is 33.6 Å². The Balaban J connectivity index is 2.07. The van der Waals surface area contributed by atoms with Gasteiger partial charge in [0.2, 0.25) is 5.91 Å². The van der Waals surface area contributed by atoms with Gasteiger partial charge in [-0.05, 0) is 24.1 Å². The van der Waals surface area contributed by atoms with Crippen molar-refractivity contribution in [3.63, 3.8) is 0 Å². The van der Waals surface area contributed by atoms with Crippen LogP contribution in [0.15, 0.2) is 34.9 Å². The zero-order valence-corrected chi connectivity index (χ0v) is 12.3. The highest BCUT2D eigenvalue weighted by Crippen LogP contribution is 2.29. The number of carbonyl (C=O) groups excluding carboxylic acids is 2. The number of benzene rings is 1. The van der Waals surface area contributed by atoms with Crippen LogP contribution in [-0.4, -0.2) is 21.6 Å². The minimum Gasteiger partial charge on any atom is -0.309 e. The summed E-state index contributed by atoms with van der Waals surface area (Å²) in [6, 6.07) is 7.19. The topological polar surface area (TPSA) is 64.0 Å². The lowest BCUT2D eigenvalue weighted by Crippen LogP contribution is -2.38. The molecule has 2 aromatic rings. The molecule has 1 unspecified atom stereocenters. The van der Waals surface area contributed by atoms with Crippen LogP contribution in [0.25, 0.3) is 0 Å². The number of amides is 1. The molecule has 1 atom stereocenters. The van der Waals surface area contributed by atoms with Crippen LogP contribution < -0.4 is 5.32 Å². The number of carbonyl (C=O) groups is 2. The molecule has 1 aromatic carbocycles. The van der Waals surface area contributed by atoms with Crippen molar-refractivity contribution in [2.45, 2.75) is 19.3 Å². The van der Waals surface area contributed by atoms with E-state index in [1.807, 2.05) is 13.0 Å². The van der Waals surface area contributed by atoms with Crippen LogP contribution in [0, 0.1) is 0 Å². The normalized spacial score (nSPS) is 17.8. The van der Waals surface area contributed by atoms with E-state index in [2.05, 4.69) is 26.3 Å². The van der Waals surface area contributed by atoms with Crippen LogP contribution in [0.1, 0.15) is 28.8 Å². The number of hydrogen-bond acceptors (Lipinski definition) is 3. The summed E-state index contributed by atoms with van der Waals surface area (Å²) >= 11 is 3.35. The summed E-state index contributed by atoms with van der Waals surface area (Å²) in [5, 5.41) is 6.87. The van der Waals surface area contributed by atoms with Crippen molar-refractivity contribution in [2.24, 2.45) is 0 Å². The molecule has 0 bridgehead atoms. The lowest BCUT2D eigenvalue weighted by molar-refractivity contribution is -0.117. The van der Waals surface area contributed by atoms with Crippen molar-refractivity contribution in [3.8, 4) is 0 Å². The first-order chi connectivity index (χ1) is 9.61. The smallest absolute Gasteiger partial charge is 0.265 e. The van der Waals surface area contributed by atoms with Gasteiger partial charge in [0.25, 0.3) is 5.91 Å². The van der Waals surface area contributed by atoms with Gasteiger partial charge in [-0.2, -0.15) is 9.78 Å². The third kappa shape index (κ3) is 1.96. The molecule has 2 heterocycles. The Labute approximate surface area is 124 Å². The number of fused-ring (bicyclic) bond motifs is 1. The molecule has 20 heavy (non-hydrogen) atoms. The van der Waals surface area contributed by atoms with Gasteiger partial charge in [0.15, 0.2) is 0 Å². The molecule has 1 N–H and O–H groups in total. The van der Waals surface area contributed by atoms with E-state index < -0.39 is 5.92 Å². The van der Waals surface area contributed by atoms with Gasteiger partial charge in [-0.25, -0.2) is 0 Å². The predicted octanol–water partition coefficient (Wildman–Crippen LogP) is 2.58. The van der Waals surface area contributed by atoms with E-state index in [1.165, 1.54) is 4.68 Å². The molecule has 0 aliphatic carbocycles. The zero-order chi connectivity index (χ0) is 14.3. The number of hydrogen-bond donors (Lipinski definition) is 1. The van der Waals surface area contributed by atoms with Crippen LogP contribution in [0.3, 0.4) is 0 Å². The van der Waals surface area contributed by atoms with Gasteiger partial charge in [-0.3, -0.25) is 9.59 Å². The minimum atomic E-state index is -0.857. The third-order valence-corrected chi connectivity index (χ3v) is 3.86. The van der Waals surface area contributed by atoms with E-state index >= 15 is 0 Å². The highest BCUT2D eigenvalue weighted by Gasteiger charge is 2.37. The number of anilines is 1. The second kappa shape index (κ2) is 4.86. The van der Waals surface area contributed by atoms with Crippen molar-refractivity contribution in [1.29, 1.82) is 0 Å². The molecule has 0 radical (unpaired) electrons. The van der Waals surface area contributed by atoms with Gasteiger partial charge in [0.1, 0.15) is 11.7 Å². The molecule has 5 nitrogen and oxygen atoms in total. The summed E-state index contributed by atoms with van der Waals surface area (Å²) in [7, 11) is 0. The van der Waals surface area contributed by atoms with Gasteiger partial charge in [-0.15, -0.1) is 0 Å². The lowest BCUT2D eigenvalue weighted by Gasteiger charge is -2.23. The van der Waals surface area contributed by atoms with E-state index in [1.54, 1.807) is 24.4 Å². The first kappa shape index (κ1) is 13.1. The summed E-state index contributed by atoms with van der Waals surface area (Å²) in [5.74, 6) is -0.990. The molecule has 0 spiro atoms. The van der Waals surface area contributed by atoms with Gasteiger partial charge in [0, 0.05) is 10.0 Å². The van der Waals surface area contributed by atoms with Crippen molar-refractivity contribution in [3.05, 3.63) is 46.1 Å². The van der Waals surface area contributed by atoms with E-state index in [0.717, 1.165) is 10.0 Å². The third-order valence-electron chi connectivity index (χ3n) is 3.37. The number of aryl methyl sites for hydroxylation is 1. The van der Waals surface area contributed by atoms with E-state index in [4.69, 9.17) is 0 Å². The summed E-state index contributed by atoms with van der Waals surface area (Å²) in [5.41, 5.74) is 1.51. The second-order valence-electron chi connectivity index (χ2n) is 4.60.